The Morgan fingerprint density at radius 3 is 1.75 bits per heavy atom. The minimum atomic E-state index is -3.70. The third kappa shape index (κ3) is 2.62. The van der Waals surface area contributed by atoms with E-state index in [4.69, 9.17) is 19.9 Å². The first-order valence-corrected chi connectivity index (χ1v) is 4.49. The first kappa shape index (κ1) is 14.2. The lowest BCUT2D eigenvalue weighted by Crippen LogP contribution is -2.47. The van der Waals surface area contributed by atoms with Crippen LogP contribution in [0.15, 0.2) is 11.6 Å². The molecule has 0 fully saturated rings. The van der Waals surface area contributed by atoms with Crippen LogP contribution in [0.25, 0.3) is 0 Å². The average Bonchev–Trinajstić information content (AvgIpc) is 2.11. The molecule has 0 bridgehead atoms. The quantitative estimate of drug-likeness (QED) is 0.277. The molecule has 0 amide bonds. The fourth-order valence-electron chi connectivity index (χ4n) is 0.712. The molecule has 5 N–H and O–H groups in total. The molecule has 16 heavy (non-hydrogen) atoms. The summed E-state index contributed by atoms with van der Waals surface area (Å²) < 4.78 is 19.1. The van der Waals surface area contributed by atoms with E-state index >= 15 is 0 Å². The van der Waals surface area contributed by atoms with Gasteiger partial charge in [-0.2, -0.15) is 0 Å². The molecule has 9 nitrogen and oxygen atoms in total. The summed E-state index contributed by atoms with van der Waals surface area (Å²) in [4.78, 5) is 27.5. The van der Waals surface area contributed by atoms with Crippen molar-refractivity contribution in [3.8, 4) is 0 Å². The summed E-state index contributed by atoms with van der Waals surface area (Å²) in [7, 11) is 0. The molecule has 0 aliphatic rings. The zero-order valence-corrected chi connectivity index (χ0v) is 8.17. The molecule has 0 spiro atoms. The molecule has 0 heterocycles. The molecule has 0 rings (SSSR count). The highest BCUT2D eigenvalue weighted by molar-refractivity contribution is 7.81. The van der Waals surface area contributed by atoms with Crippen LogP contribution in [0.1, 0.15) is 0 Å². The zero-order valence-electron chi connectivity index (χ0n) is 7.35. The minimum absolute atomic E-state index is 0.176. The van der Waals surface area contributed by atoms with Crippen LogP contribution in [0.2, 0.25) is 0 Å². The van der Waals surface area contributed by atoms with Gasteiger partial charge in [-0.1, -0.05) is 0 Å². The summed E-state index contributed by atoms with van der Waals surface area (Å²) in [6.45, 7) is 0. The van der Waals surface area contributed by atoms with E-state index in [2.05, 4.69) is 0 Å². The molecule has 90 valence electrons. The molecule has 2 unspecified atom stereocenters. The number of carbonyl (C=O) groups is 3. The highest BCUT2D eigenvalue weighted by atomic mass is 32.2. The van der Waals surface area contributed by atoms with Gasteiger partial charge in [0.15, 0.2) is 0 Å². The van der Waals surface area contributed by atoms with Crippen molar-refractivity contribution in [3.05, 3.63) is 11.6 Å². The summed E-state index contributed by atoms with van der Waals surface area (Å²) in [5, 5.41) is 34.3. The SMILES string of the molecule is O=C(O)C=C(C(=O)O)C(O)(C(=O)O)S(=O)O. The van der Waals surface area contributed by atoms with Crippen molar-refractivity contribution in [1.29, 1.82) is 0 Å². The van der Waals surface area contributed by atoms with Gasteiger partial charge in [-0.15, -0.1) is 0 Å². The van der Waals surface area contributed by atoms with Gasteiger partial charge in [0.2, 0.25) is 11.1 Å². The number of hydrogen-bond acceptors (Lipinski definition) is 5. The van der Waals surface area contributed by atoms with Crippen molar-refractivity contribution in [2.45, 2.75) is 4.93 Å². The van der Waals surface area contributed by atoms with Gasteiger partial charge in [-0.05, 0) is 0 Å². The lowest BCUT2D eigenvalue weighted by Gasteiger charge is -2.18. The standard InChI is InChI=1S/C6H6O9S/c7-3(8)1-2(4(9)10)6(13,5(11)12)16(14)15/h1,13H,(H,7,8)(H,9,10)(H,11,12)(H,14,15). The number of aliphatic carboxylic acids is 3. The van der Waals surface area contributed by atoms with E-state index in [9.17, 15) is 23.7 Å². The zero-order chi connectivity index (χ0) is 13.1. The summed E-state index contributed by atoms with van der Waals surface area (Å²) >= 11 is -3.52. The predicted octanol–water partition coefficient (Wildman–Crippen LogP) is -1.92. The number of carboxylic acids is 3. The van der Waals surface area contributed by atoms with E-state index < -0.39 is 39.5 Å². The van der Waals surface area contributed by atoms with Crippen LogP contribution >= 0.6 is 0 Å². The minimum Gasteiger partial charge on any atom is -0.478 e. The van der Waals surface area contributed by atoms with Gasteiger partial charge in [-0.3, -0.25) is 0 Å². The molecule has 0 aromatic carbocycles. The maximum atomic E-state index is 10.6. The first-order chi connectivity index (χ1) is 7.13. The molecule has 0 aliphatic heterocycles. The van der Waals surface area contributed by atoms with Crippen LogP contribution in [0.4, 0.5) is 0 Å². The Morgan fingerprint density at radius 2 is 1.56 bits per heavy atom. The van der Waals surface area contributed by atoms with Crippen molar-refractivity contribution >= 4 is 29.0 Å². The Balaban J connectivity index is 5.84. The normalized spacial score (nSPS) is 17.2. The molecular formula is C6H6O9S. The van der Waals surface area contributed by atoms with Crippen molar-refractivity contribution in [3.63, 3.8) is 0 Å². The molecular weight excluding hydrogens is 248 g/mol. The second-order valence-electron chi connectivity index (χ2n) is 2.40. The van der Waals surface area contributed by atoms with Gasteiger partial charge >= 0.3 is 17.9 Å². The van der Waals surface area contributed by atoms with Gasteiger partial charge < -0.3 is 25.0 Å². The van der Waals surface area contributed by atoms with Crippen molar-refractivity contribution < 1.29 is 43.6 Å². The molecule has 10 heteroatoms. The van der Waals surface area contributed by atoms with Crippen LogP contribution in [-0.4, -0.2) is 52.0 Å². The smallest absolute Gasteiger partial charge is 0.356 e. The Bertz CT molecular complexity index is 381. The second kappa shape index (κ2) is 4.83. The summed E-state index contributed by atoms with van der Waals surface area (Å²) in [6, 6.07) is 0. The number of hydrogen-bond donors (Lipinski definition) is 5. The third-order valence-electron chi connectivity index (χ3n) is 1.41. The average molecular weight is 254 g/mol. The first-order valence-electron chi connectivity index (χ1n) is 3.39. The number of aliphatic hydroxyl groups is 1. The number of rotatable bonds is 5. The van der Waals surface area contributed by atoms with Crippen LogP contribution < -0.4 is 0 Å². The van der Waals surface area contributed by atoms with Gasteiger partial charge in [0, 0.05) is 6.08 Å². The van der Waals surface area contributed by atoms with Gasteiger partial charge in [0.25, 0.3) is 4.93 Å². The molecule has 2 atom stereocenters. The van der Waals surface area contributed by atoms with E-state index in [0.29, 0.717) is 0 Å². The van der Waals surface area contributed by atoms with Crippen molar-refractivity contribution in [2.24, 2.45) is 0 Å². The highest BCUT2D eigenvalue weighted by Gasteiger charge is 2.50. The number of carboxylic acid groups (broad SMARTS) is 3. The van der Waals surface area contributed by atoms with Crippen molar-refractivity contribution in [2.75, 3.05) is 0 Å². The summed E-state index contributed by atoms with van der Waals surface area (Å²) in [5.41, 5.74) is -1.63. The Hall–Kier alpha value is -1.78. The fourth-order valence-corrected chi connectivity index (χ4v) is 1.20. The Morgan fingerprint density at radius 1 is 1.12 bits per heavy atom. The Labute approximate surface area is 89.9 Å². The monoisotopic (exact) mass is 254 g/mol. The molecule has 0 aromatic rings. The fraction of sp³-hybridized carbons (Fsp3) is 0.167. The highest BCUT2D eigenvalue weighted by Crippen LogP contribution is 2.21. The van der Waals surface area contributed by atoms with Crippen LogP contribution in [-0.2, 0) is 25.5 Å². The molecule has 0 saturated heterocycles. The van der Waals surface area contributed by atoms with E-state index in [1.54, 1.807) is 0 Å². The van der Waals surface area contributed by atoms with Gasteiger partial charge in [0.05, 0.1) is 0 Å². The predicted molar refractivity (Wildman–Crippen MR) is 46.7 cm³/mol. The lowest BCUT2D eigenvalue weighted by molar-refractivity contribution is -0.151. The van der Waals surface area contributed by atoms with Crippen molar-refractivity contribution in [1.82, 2.24) is 0 Å². The second-order valence-corrected chi connectivity index (χ2v) is 3.49. The van der Waals surface area contributed by atoms with Crippen LogP contribution in [0, 0.1) is 0 Å². The molecule has 0 saturated carbocycles. The topological polar surface area (TPSA) is 169 Å². The van der Waals surface area contributed by atoms with Gasteiger partial charge in [0.1, 0.15) is 5.57 Å². The molecule has 0 aromatic heterocycles. The summed E-state index contributed by atoms with van der Waals surface area (Å²) in [6.07, 6.45) is -0.176. The maximum absolute atomic E-state index is 10.6. The molecule has 0 radical (unpaired) electrons. The van der Waals surface area contributed by atoms with Crippen LogP contribution in [0.5, 0.6) is 0 Å². The Kier molecular flexibility index (Phi) is 4.29. The lowest BCUT2D eigenvalue weighted by atomic mass is 10.1. The maximum Gasteiger partial charge on any atom is 0.356 e. The van der Waals surface area contributed by atoms with E-state index in [1.165, 1.54) is 0 Å². The largest absolute Gasteiger partial charge is 0.478 e. The third-order valence-corrected chi connectivity index (χ3v) is 2.31. The summed E-state index contributed by atoms with van der Waals surface area (Å²) in [5.74, 6) is -6.39. The molecule has 0 aliphatic carbocycles. The van der Waals surface area contributed by atoms with Gasteiger partial charge in [-0.25, -0.2) is 18.6 Å². The van der Waals surface area contributed by atoms with E-state index in [-0.39, 0.29) is 6.08 Å². The van der Waals surface area contributed by atoms with Crippen LogP contribution in [0.3, 0.4) is 0 Å². The van der Waals surface area contributed by atoms with E-state index in [1.807, 2.05) is 0 Å². The van der Waals surface area contributed by atoms with E-state index in [0.717, 1.165) is 0 Å².